The number of anilines is 1. The van der Waals surface area contributed by atoms with Crippen molar-refractivity contribution in [1.82, 2.24) is 9.80 Å². The smallest absolute Gasteiger partial charge is 0.238 e. The quantitative estimate of drug-likeness (QED) is 0.812. The summed E-state index contributed by atoms with van der Waals surface area (Å²) < 4.78 is 5.25. The summed E-state index contributed by atoms with van der Waals surface area (Å²) in [5, 5.41) is 2.89. The first-order valence-corrected chi connectivity index (χ1v) is 6.98. The molecule has 0 spiro atoms. The Balaban J connectivity index is 1.90. The molecular formula is C15H21N3O3. The summed E-state index contributed by atoms with van der Waals surface area (Å²) >= 11 is 0. The van der Waals surface area contributed by atoms with Crippen molar-refractivity contribution in [3.05, 3.63) is 23.8 Å². The lowest BCUT2D eigenvalue weighted by molar-refractivity contribution is -0.120. The Bertz CT molecular complexity index is 511. The van der Waals surface area contributed by atoms with Crippen molar-refractivity contribution in [3.63, 3.8) is 0 Å². The Hall–Kier alpha value is -2.08. The molecule has 1 saturated heterocycles. The predicted octanol–water partition coefficient (Wildman–Crippen LogP) is 0.716. The highest BCUT2D eigenvalue weighted by atomic mass is 16.5. The third-order valence-electron chi connectivity index (χ3n) is 3.55. The molecule has 114 valence electrons. The number of aryl methyl sites for hydroxylation is 1. The van der Waals surface area contributed by atoms with Gasteiger partial charge in [-0.25, -0.2) is 0 Å². The van der Waals surface area contributed by atoms with Crippen LogP contribution >= 0.6 is 0 Å². The summed E-state index contributed by atoms with van der Waals surface area (Å²) in [5.41, 5.74) is 1.75. The van der Waals surface area contributed by atoms with Crippen LogP contribution in [0.5, 0.6) is 5.75 Å². The summed E-state index contributed by atoms with van der Waals surface area (Å²) in [7, 11) is 1.58. The number of carbonyl (C=O) groups excluding carboxylic acids is 2. The van der Waals surface area contributed by atoms with Crippen molar-refractivity contribution >= 4 is 18.0 Å². The lowest BCUT2D eigenvalue weighted by Gasteiger charge is -2.31. The molecule has 0 radical (unpaired) electrons. The van der Waals surface area contributed by atoms with Crippen molar-refractivity contribution in [2.24, 2.45) is 0 Å². The maximum atomic E-state index is 12.1. The van der Waals surface area contributed by atoms with Crippen molar-refractivity contribution in [2.45, 2.75) is 6.92 Å². The zero-order valence-electron chi connectivity index (χ0n) is 12.5. The van der Waals surface area contributed by atoms with Gasteiger partial charge in [0.1, 0.15) is 5.75 Å². The lowest BCUT2D eigenvalue weighted by atomic mass is 10.2. The Morgan fingerprint density at radius 2 is 2.05 bits per heavy atom. The minimum Gasteiger partial charge on any atom is -0.495 e. The van der Waals surface area contributed by atoms with Gasteiger partial charge in [-0.15, -0.1) is 0 Å². The van der Waals surface area contributed by atoms with E-state index >= 15 is 0 Å². The second-order valence-electron chi connectivity index (χ2n) is 5.17. The van der Waals surface area contributed by atoms with Gasteiger partial charge in [-0.3, -0.25) is 14.5 Å². The Labute approximate surface area is 124 Å². The Morgan fingerprint density at radius 1 is 1.33 bits per heavy atom. The standard InChI is InChI=1S/C15H21N3O3/c1-12-3-4-14(21-2)13(9-12)16-15(20)10-17-5-7-18(11-19)8-6-17/h3-4,9,11H,5-8,10H2,1-2H3,(H,16,20). The average molecular weight is 291 g/mol. The molecule has 0 aliphatic carbocycles. The Kier molecular flexibility index (Phi) is 5.16. The van der Waals surface area contributed by atoms with Crippen molar-refractivity contribution in [3.8, 4) is 5.75 Å². The van der Waals surface area contributed by atoms with Gasteiger partial charge >= 0.3 is 0 Å². The highest BCUT2D eigenvalue weighted by Crippen LogP contribution is 2.25. The first kappa shape index (κ1) is 15.3. The second kappa shape index (κ2) is 7.08. The van der Waals surface area contributed by atoms with Crippen LogP contribution in [-0.4, -0.2) is 62.0 Å². The molecule has 1 fully saturated rings. The highest BCUT2D eigenvalue weighted by molar-refractivity contribution is 5.93. The fourth-order valence-electron chi connectivity index (χ4n) is 2.34. The molecule has 0 aromatic heterocycles. The van der Waals surface area contributed by atoms with Gasteiger partial charge in [-0.05, 0) is 24.6 Å². The molecule has 1 N–H and O–H groups in total. The van der Waals surface area contributed by atoms with Crippen molar-refractivity contribution < 1.29 is 14.3 Å². The lowest BCUT2D eigenvalue weighted by Crippen LogP contribution is -2.48. The number of amides is 2. The number of piperazine rings is 1. The van der Waals surface area contributed by atoms with Crippen LogP contribution in [0.25, 0.3) is 0 Å². The molecule has 0 atom stereocenters. The van der Waals surface area contributed by atoms with Crippen LogP contribution in [-0.2, 0) is 9.59 Å². The number of hydrogen-bond acceptors (Lipinski definition) is 4. The van der Waals surface area contributed by atoms with Gasteiger partial charge in [0.15, 0.2) is 0 Å². The van der Waals surface area contributed by atoms with E-state index in [0.717, 1.165) is 25.1 Å². The molecule has 21 heavy (non-hydrogen) atoms. The van der Waals surface area contributed by atoms with Crippen LogP contribution in [0.3, 0.4) is 0 Å². The topological polar surface area (TPSA) is 61.9 Å². The maximum Gasteiger partial charge on any atom is 0.238 e. The molecular weight excluding hydrogens is 270 g/mol. The van der Waals surface area contributed by atoms with E-state index in [9.17, 15) is 9.59 Å². The summed E-state index contributed by atoms with van der Waals surface area (Å²) in [6, 6.07) is 5.67. The first-order chi connectivity index (χ1) is 10.1. The van der Waals surface area contributed by atoms with E-state index < -0.39 is 0 Å². The maximum absolute atomic E-state index is 12.1. The van der Waals surface area contributed by atoms with Gasteiger partial charge in [0.25, 0.3) is 0 Å². The van der Waals surface area contributed by atoms with Crippen LogP contribution in [0.2, 0.25) is 0 Å². The van der Waals surface area contributed by atoms with E-state index in [0.29, 0.717) is 31.1 Å². The fraction of sp³-hybridized carbons (Fsp3) is 0.467. The van der Waals surface area contributed by atoms with Gasteiger partial charge in [-0.1, -0.05) is 6.07 Å². The van der Waals surface area contributed by atoms with Gasteiger partial charge in [0.2, 0.25) is 12.3 Å². The number of methoxy groups -OCH3 is 1. The van der Waals surface area contributed by atoms with Crippen molar-refractivity contribution in [1.29, 1.82) is 0 Å². The molecule has 6 nitrogen and oxygen atoms in total. The molecule has 2 amide bonds. The molecule has 1 heterocycles. The van der Waals surface area contributed by atoms with Crippen LogP contribution in [0.1, 0.15) is 5.56 Å². The number of carbonyl (C=O) groups is 2. The zero-order valence-corrected chi connectivity index (χ0v) is 12.5. The van der Waals surface area contributed by atoms with Gasteiger partial charge in [0.05, 0.1) is 19.3 Å². The minimum absolute atomic E-state index is 0.0709. The SMILES string of the molecule is COc1ccc(C)cc1NC(=O)CN1CCN(C=O)CC1. The highest BCUT2D eigenvalue weighted by Gasteiger charge is 2.18. The molecule has 0 unspecified atom stereocenters. The Morgan fingerprint density at radius 3 is 2.67 bits per heavy atom. The number of nitrogens with zero attached hydrogens (tertiary/aromatic N) is 2. The molecule has 1 aromatic carbocycles. The first-order valence-electron chi connectivity index (χ1n) is 6.98. The normalized spacial score (nSPS) is 15.6. The van der Waals surface area contributed by atoms with Crippen LogP contribution in [0.4, 0.5) is 5.69 Å². The van der Waals surface area contributed by atoms with E-state index in [1.165, 1.54) is 0 Å². The largest absolute Gasteiger partial charge is 0.495 e. The van der Waals surface area contributed by atoms with E-state index in [1.54, 1.807) is 12.0 Å². The number of rotatable bonds is 5. The molecule has 1 aliphatic rings. The fourth-order valence-corrected chi connectivity index (χ4v) is 2.34. The van der Waals surface area contributed by atoms with E-state index in [1.807, 2.05) is 30.0 Å². The molecule has 2 rings (SSSR count). The van der Waals surface area contributed by atoms with E-state index in [2.05, 4.69) is 5.32 Å². The summed E-state index contributed by atoms with van der Waals surface area (Å²) in [6.07, 6.45) is 0.856. The van der Waals surface area contributed by atoms with Gasteiger partial charge in [-0.2, -0.15) is 0 Å². The summed E-state index contributed by atoms with van der Waals surface area (Å²) in [6.45, 7) is 5.07. The molecule has 0 bridgehead atoms. The molecule has 1 aliphatic heterocycles. The minimum atomic E-state index is -0.0709. The summed E-state index contributed by atoms with van der Waals surface area (Å²) in [4.78, 5) is 26.5. The number of hydrogen-bond donors (Lipinski definition) is 1. The summed E-state index contributed by atoms with van der Waals surface area (Å²) in [5.74, 6) is 0.582. The van der Waals surface area contributed by atoms with E-state index in [4.69, 9.17) is 4.74 Å². The van der Waals surface area contributed by atoms with Crippen molar-refractivity contribution in [2.75, 3.05) is 45.2 Å². The number of ether oxygens (including phenoxy) is 1. The third kappa shape index (κ3) is 4.19. The number of nitrogens with one attached hydrogen (secondary N) is 1. The number of benzene rings is 1. The molecule has 0 saturated carbocycles. The molecule has 6 heteroatoms. The molecule has 1 aromatic rings. The van der Waals surface area contributed by atoms with Crippen LogP contribution < -0.4 is 10.1 Å². The van der Waals surface area contributed by atoms with Crippen LogP contribution in [0, 0.1) is 6.92 Å². The average Bonchev–Trinajstić information content (AvgIpc) is 2.48. The second-order valence-corrected chi connectivity index (χ2v) is 5.17. The van der Waals surface area contributed by atoms with Crippen LogP contribution in [0.15, 0.2) is 18.2 Å². The third-order valence-corrected chi connectivity index (χ3v) is 3.55. The van der Waals surface area contributed by atoms with Gasteiger partial charge < -0.3 is 15.0 Å². The predicted molar refractivity (Wildman–Crippen MR) is 80.4 cm³/mol. The van der Waals surface area contributed by atoms with Gasteiger partial charge in [0, 0.05) is 26.2 Å². The zero-order chi connectivity index (χ0) is 15.2. The monoisotopic (exact) mass is 291 g/mol. The van der Waals surface area contributed by atoms with E-state index in [-0.39, 0.29) is 5.91 Å².